The van der Waals surface area contributed by atoms with Crippen LogP contribution in [0.2, 0.25) is 5.02 Å². The minimum Gasteiger partial charge on any atom is -0.467 e. The minimum atomic E-state index is -1.11. The Labute approximate surface area is 251 Å². The lowest BCUT2D eigenvalue weighted by Crippen LogP contribution is -2.50. The third-order valence-corrected chi connectivity index (χ3v) is 7.78. The van der Waals surface area contributed by atoms with Crippen molar-refractivity contribution in [3.8, 4) is 0 Å². The van der Waals surface area contributed by atoms with Crippen LogP contribution in [-0.4, -0.2) is 42.4 Å². The van der Waals surface area contributed by atoms with Crippen molar-refractivity contribution in [3.63, 3.8) is 0 Å². The molecule has 8 nitrogen and oxygen atoms in total. The number of rotatable bonds is 8. The van der Waals surface area contributed by atoms with Gasteiger partial charge < -0.3 is 19.9 Å². The zero-order valence-electron chi connectivity index (χ0n) is 24.5. The summed E-state index contributed by atoms with van der Waals surface area (Å²) in [4.78, 5) is 54.5. The molecule has 9 heteroatoms. The molecule has 1 heterocycles. The molecule has 0 aliphatic carbocycles. The van der Waals surface area contributed by atoms with Gasteiger partial charge in [-0.25, -0.2) is 4.79 Å². The number of ether oxygens (including phenoxy) is 1. The first kappa shape index (κ1) is 30.8. The molecule has 0 saturated carbocycles. The summed E-state index contributed by atoms with van der Waals surface area (Å²) >= 11 is 6.10. The van der Waals surface area contributed by atoms with E-state index >= 15 is 0 Å². The van der Waals surface area contributed by atoms with Crippen molar-refractivity contribution in [1.29, 1.82) is 0 Å². The number of esters is 1. The highest BCUT2D eigenvalue weighted by molar-refractivity contribution is 6.30. The number of amides is 3. The van der Waals surface area contributed by atoms with Gasteiger partial charge in [0, 0.05) is 41.3 Å². The summed E-state index contributed by atoms with van der Waals surface area (Å²) < 4.78 is 4.73. The van der Waals surface area contributed by atoms with Crippen LogP contribution in [0.4, 0.5) is 11.4 Å². The molecule has 0 radical (unpaired) electrons. The van der Waals surface area contributed by atoms with Gasteiger partial charge in [-0.05, 0) is 87.2 Å². The Morgan fingerprint density at radius 3 is 2.26 bits per heavy atom. The van der Waals surface area contributed by atoms with Crippen LogP contribution in [0.15, 0.2) is 72.8 Å². The van der Waals surface area contributed by atoms with Gasteiger partial charge in [-0.1, -0.05) is 41.9 Å². The predicted octanol–water partition coefficient (Wildman–Crippen LogP) is 5.87. The van der Waals surface area contributed by atoms with Crippen molar-refractivity contribution in [2.45, 2.75) is 64.6 Å². The Kier molecular flexibility index (Phi) is 9.36. The molecule has 220 valence electrons. The molecule has 2 atom stereocenters. The van der Waals surface area contributed by atoms with Crippen LogP contribution >= 0.6 is 11.6 Å². The summed E-state index contributed by atoms with van der Waals surface area (Å²) in [7, 11) is 1.28. The molecule has 42 heavy (non-hydrogen) atoms. The summed E-state index contributed by atoms with van der Waals surface area (Å²) in [5, 5.41) is 3.28. The van der Waals surface area contributed by atoms with Crippen LogP contribution in [0, 0.1) is 0 Å². The molecule has 0 aromatic heterocycles. The van der Waals surface area contributed by atoms with E-state index in [1.54, 1.807) is 54.8 Å². The fourth-order valence-electron chi connectivity index (χ4n) is 5.45. The lowest BCUT2D eigenvalue weighted by molar-refractivity contribution is -0.149. The molecule has 0 spiro atoms. The van der Waals surface area contributed by atoms with E-state index in [2.05, 4.69) is 5.32 Å². The van der Waals surface area contributed by atoms with Crippen molar-refractivity contribution in [3.05, 3.63) is 94.5 Å². The monoisotopic (exact) mass is 589 g/mol. The van der Waals surface area contributed by atoms with Gasteiger partial charge in [-0.15, -0.1) is 0 Å². The lowest BCUT2D eigenvalue weighted by Gasteiger charge is -2.43. The number of methoxy groups -OCH3 is 1. The summed E-state index contributed by atoms with van der Waals surface area (Å²) in [6.07, 6.45) is 1.19. The quantitative estimate of drug-likeness (QED) is 0.331. The Balaban J connectivity index is 1.52. The third-order valence-electron chi connectivity index (χ3n) is 7.52. The van der Waals surface area contributed by atoms with Crippen LogP contribution < -0.4 is 15.1 Å². The number of para-hydroxylation sites is 1. The summed E-state index contributed by atoms with van der Waals surface area (Å²) in [6.45, 7) is 6.72. The number of anilines is 2. The van der Waals surface area contributed by atoms with Crippen LogP contribution in [0.1, 0.15) is 68.1 Å². The summed E-state index contributed by atoms with van der Waals surface area (Å²) in [6, 6.07) is 21.7. The molecule has 0 fully saturated rings. The highest BCUT2D eigenvalue weighted by atomic mass is 35.5. The largest absolute Gasteiger partial charge is 0.467 e. The topological polar surface area (TPSA) is 96.0 Å². The maximum atomic E-state index is 13.8. The van der Waals surface area contributed by atoms with E-state index < -0.39 is 11.5 Å². The highest BCUT2D eigenvalue weighted by Crippen LogP contribution is 2.42. The van der Waals surface area contributed by atoms with Crippen molar-refractivity contribution >= 4 is 46.7 Å². The number of carbonyl (C=O) groups is 4. The van der Waals surface area contributed by atoms with Crippen molar-refractivity contribution in [1.82, 2.24) is 5.32 Å². The number of carbonyl (C=O) groups excluding carboxylic acids is 4. The zero-order chi connectivity index (χ0) is 30.6. The molecular weight excluding hydrogens is 554 g/mol. The number of aryl methyl sites for hydroxylation is 1. The zero-order valence-corrected chi connectivity index (χ0v) is 25.3. The van der Waals surface area contributed by atoms with Crippen molar-refractivity contribution in [2.75, 3.05) is 16.9 Å². The Bertz CT molecular complexity index is 1470. The normalized spacial score (nSPS) is 16.3. The van der Waals surface area contributed by atoms with Crippen molar-refractivity contribution in [2.24, 2.45) is 0 Å². The molecule has 0 saturated heterocycles. The smallest absolute Gasteiger partial charge is 0.330 e. The minimum absolute atomic E-state index is 0.0952. The van der Waals surface area contributed by atoms with E-state index in [-0.39, 0.29) is 36.2 Å². The number of nitrogens with one attached hydrogen (secondary N) is 1. The van der Waals surface area contributed by atoms with E-state index in [4.69, 9.17) is 16.3 Å². The van der Waals surface area contributed by atoms with Gasteiger partial charge in [0.25, 0.3) is 5.91 Å². The first-order valence-electron chi connectivity index (χ1n) is 13.9. The highest BCUT2D eigenvalue weighted by Gasteiger charge is 2.38. The number of halogens is 1. The lowest BCUT2D eigenvalue weighted by atomic mass is 9.89. The standard InChI is InChI=1S/C33H36ClN3O5/c1-21-20-29(37(22(2)38)26-17-15-25(34)16-18-26)27-8-6-7-9-28(27)36(21)31(40)24-13-10-23(11-14-24)12-19-30(39)35-33(3,4)32(41)42-5/h6-11,13-18,21,29H,12,19-20H2,1-5H3,(H,35,39)/t21-,29+/m0/s1. The Hall–Kier alpha value is -4.17. The van der Waals surface area contributed by atoms with E-state index in [0.717, 1.165) is 22.5 Å². The average molecular weight is 590 g/mol. The number of nitrogens with zero attached hydrogens (tertiary/aromatic N) is 2. The fraction of sp³-hybridized carbons (Fsp3) is 0.333. The Morgan fingerprint density at radius 2 is 1.64 bits per heavy atom. The van der Waals surface area contributed by atoms with Crippen LogP contribution in [-0.2, 0) is 25.5 Å². The molecule has 0 bridgehead atoms. The van der Waals surface area contributed by atoms with Gasteiger partial charge in [0.15, 0.2) is 0 Å². The third kappa shape index (κ3) is 6.65. The van der Waals surface area contributed by atoms with E-state index in [0.29, 0.717) is 23.4 Å². The summed E-state index contributed by atoms with van der Waals surface area (Å²) in [5.74, 6) is -1.02. The second-order valence-corrected chi connectivity index (χ2v) is 11.5. The molecule has 4 rings (SSSR count). The second kappa shape index (κ2) is 12.8. The van der Waals surface area contributed by atoms with Gasteiger partial charge >= 0.3 is 5.97 Å². The van der Waals surface area contributed by atoms with E-state index in [1.165, 1.54) is 7.11 Å². The second-order valence-electron chi connectivity index (χ2n) is 11.1. The van der Waals surface area contributed by atoms with Crippen LogP contribution in [0.3, 0.4) is 0 Å². The predicted molar refractivity (Wildman–Crippen MR) is 164 cm³/mol. The van der Waals surface area contributed by atoms with Gasteiger partial charge in [-0.3, -0.25) is 14.4 Å². The number of hydrogen-bond donors (Lipinski definition) is 1. The number of fused-ring (bicyclic) bond motifs is 1. The molecule has 3 amide bonds. The molecule has 3 aromatic rings. The van der Waals surface area contributed by atoms with Crippen LogP contribution in [0.5, 0.6) is 0 Å². The van der Waals surface area contributed by atoms with Crippen molar-refractivity contribution < 1.29 is 23.9 Å². The van der Waals surface area contributed by atoms with Gasteiger partial charge in [-0.2, -0.15) is 0 Å². The average Bonchev–Trinajstić information content (AvgIpc) is 2.96. The number of benzene rings is 3. The van der Waals surface area contributed by atoms with Crippen LogP contribution in [0.25, 0.3) is 0 Å². The summed E-state index contributed by atoms with van der Waals surface area (Å²) in [5.41, 5.74) is 2.71. The molecular formula is C33H36ClN3O5. The SMILES string of the molecule is COC(=O)C(C)(C)NC(=O)CCc1ccc(C(=O)N2c3ccccc3[C@H](N(C(C)=O)c3ccc(Cl)cc3)C[C@@H]2C)cc1. The first-order valence-corrected chi connectivity index (χ1v) is 14.3. The number of hydrogen-bond acceptors (Lipinski definition) is 5. The fourth-order valence-corrected chi connectivity index (χ4v) is 5.57. The molecule has 0 unspecified atom stereocenters. The van der Waals surface area contributed by atoms with Gasteiger partial charge in [0.1, 0.15) is 5.54 Å². The van der Waals surface area contributed by atoms with E-state index in [9.17, 15) is 19.2 Å². The molecule has 1 N–H and O–H groups in total. The molecule has 1 aliphatic rings. The maximum Gasteiger partial charge on any atom is 0.330 e. The van der Waals surface area contributed by atoms with Gasteiger partial charge in [0.2, 0.25) is 11.8 Å². The maximum absolute atomic E-state index is 13.8. The Morgan fingerprint density at radius 1 is 1.00 bits per heavy atom. The first-order chi connectivity index (χ1) is 19.9. The van der Waals surface area contributed by atoms with E-state index in [1.807, 2.05) is 55.5 Å². The van der Waals surface area contributed by atoms with Gasteiger partial charge in [0.05, 0.1) is 13.2 Å². The molecule has 3 aromatic carbocycles. The molecule has 1 aliphatic heterocycles.